The Balaban J connectivity index is 2.42. The van der Waals surface area contributed by atoms with Gasteiger partial charge in [0.25, 0.3) is 5.91 Å². The van der Waals surface area contributed by atoms with Crippen molar-refractivity contribution in [1.29, 1.82) is 0 Å². The van der Waals surface area contributed by atoms with Crippen LogP contribution in [-0.2, 0) is 9.47 Å². The summed E-state index contributed by atoms with van der Waals surface area (Å²) in [5.74, 6) is -1.77. The second-order valence-electron chi connectivity index (χ2n) is 5.04. The Morgan fingerprint density at radius 2 is 1.96 bits per heavy atom. The van der Waals surface area contributed by atoms with Gasteiger partial charge in [-0.1, -0.05) is 6.92 Å². The number of amides is 1. The lowest BCUT2D eigenvalue weighted by atomic mass is 10.1. The Kier molecular flexibility index (Phi) is 6.95. The molecule has 0 saturated heterocycles. The predicted molar refractivity (Wildman–Crippen MR) is 103 cm³/mol. The van der Waals surface area contributed by atoms with Crippen LogP contribution in [0.5, 0.6) is 0 Å². The fourth-order valence-corrected chi connectivity index (χ4v) is 3.76. The van der Waals surface area contributed by atoms with Gasteiger partial charge in [-0.25, -0.2) is 9.59 Å². The van der Waals surface area contributed by atoms with E-state index in [1.807, 2.05) is 6.92 Å². The van der Waals surface area contributed by atoms with E-state index in [4.69, 9.17) is 9.47 Å². The molecule has 2 aromatic heterocycles. The maximum Gasteiger partial charge on any atom is 0.348 e. The van der Waals surface area contributed by atoms with Crippen molar-refractivity contribution in [3.05, 3.63) is 30.8 Å². The van der Waals surface area contributed by atoms with Crippen molar-refractivity contribution in [1.82, 2.24) is 10.2 Å². The number of anilines is 1. The van der Waals surface area contributed by atoms with Gasteiger partial charge in [0.2, 0.25) is 0 Å². The fraction of sp³-hybridized carbons (Fsp3) is 0.333. The number of nitrogens with zero attached hydrogens (tertiary/aromatic N) is 1. The van der Waals surface area contributed by atoms with E-state index >= 15 is 0 Å². The first kappa shape index (κ1) is 20.6. The predicted octanol–water partition coefficient (Wildman–Crippen LogP) is 3.91. The molecule has 0 aliphatic carbocycles. The Labute approximate surface area is 169 Å². The largest absolute Gasteiger partial charge is 0.465 e. The summed E-state index contributed by atoms with van der Waals surface area (Å²) >= 11 is 7.38. The molecule has 0 aliphatic heterocycles. The fourth-order valence-electron chi connectivity index (χ4n) is 2.02. The minimum Gasteiger partial charge on any atom is -0.465 e. The van der Waals surface area contributed by atoms with Crippen molar-refractivity contribution in [3.8, 4) is 0 Å². The van der Waals surface area contributed by atoms with Crippen molar-refractivity contribution in [3.63, 3.8) is 0 Å². The van der Waals surface area contributed by atoms with Gasteiger partial charge in [-0.15, -0.1) is 11.3 Å². The average molecular weight is 509 g/mol. The molecule has 26 heavy (non-hydrogen) atoms. The van der Waals surface area contributed by atoms with Gasteiger partial charge in [-0.05, 0) is 50.8 Å². The average Bonchev–Trinajstić information content (AvgIpc) is 3.12. The van der Waals surface area contributed by atoms with Crippen LogP contribution < -0.4 is 5.32 Å². The van der Waals surface area contributed by atoms with E-state index in [9.17, 15) is 14.4 Å². The van der Waals surface area contributed by atoms with E-state index in [-0.39, 0.29) is 27.7 Å². The van der Waals surface area contributed by atoms with Gasteiger partial charge in [0.15, 0.2) is 5.69 Å². The van der Waals surface area contributed by atoms with Crippen LogP contribution in [0.1, 0.15) is 49.4 Å². The lowest BCUT2D eigenvalue weighted by Crippen LogP contribution is -2.16. The van der Waals surface area contributed by atoms with Gasteiger partial charge in [0.1, 0.15) is 14.5 Å². The quantitative estimate of drug-likeness (QED) is 0.572. The maximum absolute atomic E-state index is 12.5. The molecule has 1 amide bonds. The zero-order chi connectivity index (χ0) is 19.4. The highest BCUT2D eigenvalue weighted by molar-refractivity contribution is 9.13. The first-order valence-corrected chi connectivity index (χ1v) is 9.81. The Hall–Kier alpha value is -1.72. The highest BCUT2D eigenvalue weighted by atomic mass is 79.9. The molecular formula is C15H15Br2N3O5S. The maximum atomic E-state index is 12.5. The van der Waals surface area contributed by atoms with Gasteiger partial charge in [0, 0.05) is 0 Å². The molecule has 140 valence electrons. The van der Waals surface area contributed by atoms with Gasteiger partial charge >= 0.3 is 11.9 Å². The normalized spacial score (nSPS) is 10.5. The highest BCUT2D eigenvalue weighted by Gasteiger charge is 2.28. The van der Waals surface area contributed by atoms with Crippen molar-refractivity contribution < 1.29 is 23.9 Å². The molecule has 2 aromatic rings. The van der Waals surface area contributed by atoms with Gasteiger partial charge < -0.3 is 14.8 Å². The number of ether oxygens (including phenoxy) is 2. The van der Waals surface area contributed by atoms with Crippen LogP contribution in [0.4, 0.5) is 5.00 Å². The summed E-state index contributed by atoms with van der Waals surface area (Å²) in [4.78, 5) is 37.1. The van der Waals surface area contributed by atoms with Crippen LogP contribution in [-0.4, -0.2) is 41.8 Å². The summed E-state index contributed by atoms with van der Waals surface area (Å²) < 4.78 is 10.8. The third-order valence-electron chi connectivity index (χ3n) is 3.27. The second kappa shape index (κ2) is 8.78. The van der Waals surface area contributed by atoms with Gasteiger partial charge in [-0.2, -0.15) is 5.10 Å². The number of H-pyrrole nitrogens is 1. The number of aromatic amines is 1. The SMILES string of the molecule is CCCOC(=O)c1c(NC(=O)c2n[nH]c(Br)c2Br)sc(C(=O)OC)c1C. The monoisotopic (exact) mass is 507 g/mol. The number of hydrogen-bond acceptors (Lipinski definition) is 7. The highest BCUT2D eigenvalue weighted by Crippen LogP contribution is 2.35. The van der Waals surface area contributed by atoms with Crippen molar-refractivity contribution >= 4 is 66.0 Å². The van der Waals surface area contributed by atoms with Crippen LogP contribution in [0.25, 0.3) is 0 Å². The number of thiophene rings is 1. The van der Waals surface area contributed by atoms with E-state index in [0.29, 0.717) is 21.1 Å². The summed E-state index contributed by atoms with van der Waals surface area (Å²) in [7, 11) is 1.24. The zero-order valence-corrected chi connectivity index (χ0v) is 18.1. The molecule has 0 aromatic carbocycles. The molecule has 0 atom stereocenters. The lowest BCUT2D eigenvalue weighted by Gasteiger charge is -2.07. The minimum atomic E-state index is -0.617. The standard InChI is InChI=1S/C15H15Br2N3O5S/c1-4-5-25-14(22)7-6(2)10(15(23)24-3)26-13(7)18-12(21)9-8(16)11(17)20-19-9/h4-5H2,1-3H3,(H,18,21)(H,19,20). The van der Waals surface area contributed by atoms with Crippen molar-refractivity contribution in [2.75, 3.05) is 19.0 Å². The van der Waals surface area contributed by atoms with E-state index in [1.54, 1.807) is 6.92 Å². The number of hydrogen-bond donors (Lipinski definition) is 2. The van der Waals surface area contributed by atoms with Crippen LogP contribution >= 0.6 is 43.2 Å². The number of halogens is 2. The number of aromatic nitrogens is 2. The summed E-state index contributed by atoms with van der Waals surface area (Å²) in [6.45, 7) is 3.69. The molecule has 0 bridgehead atoms. The number of carbonyl (C=O) groups is 3. The molecule has 11 heteroatoms. The van der Waals surface area contributed by atoms with E-state index < -0.39 is 17.8 Å². The van der Waals surface area contributed by atoms with Crippen molar-refractivity contribution in [2.45, 2.75) is 20.3 Å². The smallest absolute Gasteiger partial charge is 0.348 e. The van der Waals surface area contributed by atoms with Crippen LogP contribution in [0.2, 0.25) is 0 Å². The molecule has 8 nitrogen and oxygen atoms in total. The summed E-state index contributed by atoms with van der Waals surface area (Å²) in [5, 5.41) is 9.30. The molecule has 2 rings (SSSR count). The molecule has 0 aliphatic rings. The number of carbonyl (C=O) groups excluding carboxylic acids is 3. The topological polar surface area (TPSA) is 110 Å². The third-order valence-corrected chi connectivity index (χ3v) is 6.33. The number of esters is 2. The molecule has 2 heterocycles. The number of methoxy groups -OCH3 is 1. The lowest BCUT2D eigenvalue weighted by molar-refractivity contribution is 0.0506. The number of nitrogens with one attached hydrogen (secondary N) is 2. The van der Waals surface area contributed by atoms with E-state index in [1.165, 1.54) is 7.11 Å². The molecular weight excluding hydrogens is 494 g/mol. The molecule has 0 fully saturated rings. The van der Waals surface area contributed by atoms with Crippen LogP contribution in [0.3, 0.4) is 0 Å². The summed E-state index contributed by atoms with van der Waals surface area (Å²) in [5.41, 5.74) is 0.610. The molecule has 0 spiro atoms. The summed E-state index contributed by atoms with van der Waals surface area (Å²) in [6, 6.07) is 0. The zero-order valence-electron chi connectivity index (χ0n) is 14.1. The third kappa shape index (κ3) is 4.15. The molecule has 2 N–H and O–H groups in total. The van der Waals surface area contributed by atoms with Gasteiger partial charge in [0.05, 0.1) is 23.8 Å². The van der Waals surface area contributed by atoms with Crippen LogP contribution in [0.15, 0.2) is 9.08 Å². The number of rotatable bonds is 6. The molecule has 0 saturated carbocycles. The van der Waals surface area contributed by atoms with E-state index in [2.05, 4.69) is 47.4 Å². The Bertz CT molecular complexity index is 862. The van der Waals surface area contributed by atoms with E-state index in [0.717, 1.165) is 11.3 Å². The minimum absolute atomic E-state index is 0.0930. The summed E-state index contributed by atoms with van der Waals surface area (Å²) in [6.07, 6.45) is 0.648. The first-order valence-electron chi connectivity index (χ1n) is 7.41. The molecule has 0 radical (unpaired) electrons. The van der Waals surface area contributed by atoms with Crippen LogP contribution in [0, 0.1) is 6.92 Å². The molecule has 0 unspecified atom stereocenters. The first-order chi connectivity index (χ1) is 12.3. The van der Waals surface area contributed by atoms with Crippen molar-refractivity contribution in [2.24, 2.45) is 0 Å². The second-order valence-corrected chi connectivity index (χ2v) is 7.65. The van der Waals surface area contributed by atoms with Gasteiger partial charge in [-0.3, -0.25) is 9.89 Å². The Morgan fingerprint density at radius 3 is 2.50 bits per heavy atom. The Morgan fingerprint density at radius 1 is 1.27 bits per heavy atom.